The van der Waals surface area contributed by atoms with Crippen molar-refractivity contribution in [1.82, 2.24) is 15.2 Å². The molecule has 5 nitrogen and oxygen atoms in total. The molecule has 0 bridgehead atoms. The average Bonchev–Trinajstić information content (AvgIpc) is 3.43. The molecular weight excluding hydrogens is 404 g/mol. The highest BCUT2D eigenvalue weighted by Crippen LogP contribution is 2.43. The highest BCUT2D eigenvalue weighted by molar-refractivity contribution is 7.18. The van der Waals surface area contributed by atoms with E-state index in [1.165, 1.54) is 28.0 Å². The van der Waals surface area contributed by atoms with E-state index < -0.39 is 0 Å². The van der Waals surface area contributed by atoms with E-state index in [1.807, 2.05) is 38.2 Å². The summed E-state index contributed by atoms with van der Waals surface area (Å²) in [4.78, 5) is 8.61. The van der Waals surface area contributed by atoms with Crippen LogP contribution in [-0.4, -0.2) is 42.2 Å². The first-order chi connectivity index (χ1) is 15.1. The number of nitrogens with one attached hydrogen (secondary N) is 1. The van der Waals surface area contributed by atoms with Crippen LogP contribution < -0.4 is 15.8 Å². The van der Waals surface area contributed by atoms with Crippen LogP contribution in [0.25, 0.3) is 21.0 Å². The number of nitrogens with zero attached hydrogens (tertiary/aromatic N) is 2. The second-order valence-electron chi connectivity index (χ2n) is 8.66. The van der Waals surface area contributed by atoms with Crippen molar-refractivity contribution in [2.75, 3.05) is 31.9 Å². The molecule has 0 radical (unpaired) electrons. The number of nitrogen functional groups attached to an aromatic ring is 1. The maximum atomic E-state index is 6.23. The van der Waals surface area contributed by atoms with Crippen LogP contribution in [-0.2, 0) is 6.42 Å². The van der Waals surface area contributed by atoms with E-state index in [0.717, 1.165) is 48.9 Å². The molecule has 31 heavy (non-hydrogen) atoms. The number of piperazine rings is 1. The number of benzene rings is 2. The lowest BCUT2D eigenvalue weighted by molar-refractivity contribution is 0.173. The Balaban J connectivity index is 1.42. The van der Waals surface area contributed by atoms with E-state index in [1.54, 1.807) is 11.3 Å². The van der Waals surface area contributed by atoms with Gasteiger partial charge in [-0.15, -0.1) is 11.3 Å². The zero-order valence-electron chi connectivity index (χ0n) is 18.2. The summed E-state index contributed by atoms with van der Waals surface area (Å²) in [5.74, 6) is 0.732. The Hall–Kier alpha value is -2.41. The van der Waals surface area contributed by atoms with Gasteiger partial charge in [-0.25, -0.2) is 4.98 Å². The second kappa shape index (κ2) is 8.61. The molecule has 0 saturated carbocycles. The fourth-order valence-corrected chi connectivity index (χ4v) is 5.78. The molecule has 2 aliphatic rings. The molecule has 5 rings (SSSR count). The van der Waals surface area contributed by atoms with Crippen molar-refractivity contribution in [2.24, 2.45) is 0 Å². The van der Waals surface area contributed by atoms with E-state index in [2.05, 4.69) is 28.4 Å². The van der Waals surface area contributed by atoms with Crippen molar-refractivity contribution in [1.29, 1.82) is 0 Å². The fourth-order valence-electron chi connectivity index (χ4n) is 4.81. The van der Waals surface area contributed by atoms with Gasteiger partial charge >= 0.3 is 0 Å². The maximum Gasteiger partial charge on any atom is 0.142 e. The molecule has 1 saturated heterocycles. The highest BCUT2D eigenvalue weighted by Gasteiger charge is 2.30. The zero-order chi connectivity index (χ0) is 21.4. The van der Waals surface area contributed by atoms with Crippen molar-refractivity contribution in [3.05, 3.63) is 53.7 Å². The Kier molecular flexibility index (Phi) is 5.69. The van der Waals surface area contributed by atoms with E-state index in [0.29, 0.717) is 11.7 Å². The Labute approximate surface area is 188 Å². The molecule has 6 heteroatoms. The Morgan fingerprint density at radius 1 is 1.19 bits per heavy atom. The molecule has 2 heterocycles. The number of fused-ring (bicyclic) bond motifs is 1. The fraction of sp³-hybridized carbons (Fsp3) is 0.400. The Morgan fingerprint density at radius 2 is 2.03 bits per heavy atom. The lowest BCUT2D eigenvalue weighted by Gasteiger charge is -2.33. The summed E-state index contributed by atoms with van der Waals surface area (Å²) in [7, 11) is 0. The van der Waals surface area contributed by atoms with Gasteiger partial charge in [-0.1, -0.05) is 18.2 Å². The Bertz CT molecular complexity index is 1070. The third-order valence-electron chi connectivity index (χ3n) is 6.22. The van der Waals surface area contributed by atoms with Crippen LogP contribution >= 0.6 is 11.3 Å². The summed E-state index contributed by atoms with van der Waals surface area (Å²) < 4.78 is 5.77. The van der Waals surface area contributed by atoms with Crippen LogP contribution in [0.4, 0.5) is 5.69 Å². The molecule has 162 valence electrons. The first kappa shape index (κ1) is 20.5. The van der Waals surface area contributed by atoms with Gasteiger partial charge in [0.05, 0.1) is 16.7 Å². The number of nitrogens with two attached hydrogens (primary N) is 1. The topological polar surface area (TPSA) is 63.4 Å². The molecule has 2 aromatic carbocycles. The highest BCUT2D eigenvalue weighted by atomic mass is 32.1. The molecule has 3 N–H and O–H groups in total. The average molecular weight is 435 g/mol. The van der Waals surface area contributed by atoms with Gasteiger partial charge in [0.2, 0.25) is 0 Å². The summed E-state index contributed by atoms with van der Waals surface area (Å²) in [6, 6.07) is 13.3. The van der Waals surface area contributed by atoms with Crippen molar-refractivity contribution in [2.45, 2.75) is 38.8 Å². The van der Waals surface area contributed by atoms with E-state index >= 15 is 0 Å². The number of thiazole rings is 1. The standard InChI is InChI=1S/C25H30N4OS/c1-16(2)30-23-9-6-17(14-21(23)26)25-28-15-24(31-25)20-5-3-4-19-18(20)7-8-22(19)29-12-10-27-11-13-29/h3-6,9,14-16,22,27H,7-8,10-13,26H2,1-2H3. The first-order valence-corrected chi connectivity index (χ1v) is 12.0. The third-order valence-corrected chi connectivity index (χ3v) is 7.30. The lowest BCUT2D eigenvalue weighted by Crippen LogP contribution is -2.44. The SMILES string of the molecule is CC(C)Oc1ccc(-c2ncc(-c3cccc4c3CCC4N3CCNCC3)s2)cc1N. The largest absolute Gasteiger partial charge is 0.489 e. The number of hydrogen-bond donors (Lipinski definition) is 2. The van der Waals surface area contributed by atoms with Crippen LogP contribution in [0.15, 0.2) is 42.6 Å². The minimum absolute atomic E-state index is 0.102. The summed E-state index contributed by atoms with van der Waals surface area (Å²) >= 11 is 1.74. The van der Waals surface area contributed by atoms with Crippen LogP contribution in [0.1, 0.15) is 37.4 Å². The Morgan fingerprint density at radius 3 is 2.81 bits per heavy atom. The van der Waals surface area contributed by atoms with Gasteiger partial charge in [0, 0.05) is 44.0 Å². The van der Waals surface area contributed by atoms with Gasteiger partial charge in [-0.05, 0) is 61.6 Å². The van der Waals surface area contributed by atoms with Crippen LogP contribution in [0.5, 0.6) is 5.75 Å². The molecule has 0 spiro atoms. The zero-order valence-corrected chi connectivity index (χ0v) is 19.0. The number of aromatic nitrogens is 1. The van der Waals surface area contributed by atoms with Gasteiger partial charge in [-0.3, -0.25) is 4.90 Å². The summed E-state index contributed by atoms with van der Waals surface area (Å²) in [6.07, 6.45) is 4.47. The predicted molar refractivity (Wildman–Crippen MR) is 129 cm³/mol. The molecular formula is C25H30N4OS. The number of hydrogen-bond acceptors (Lipinski definition) is 6. The van der Waals surface area contributed by atoms with Crippen molar-refractivity contribution >= 4 is 17.0 Å². The maximum absolute atomic E-state index is 6.23. The van der Waals surface area contributed by atoms with Gasteiger partial charge in [0.1, 0.15) is 10.8 Å². The van der Waals surface area contributed by atoms with Crippen molar-refractivity contribution in [3.63, 3.8) is 0 Å². The third kappa shape index (κ3) is 4.07. The van der Waals surface area contributed by atoms with Crippen molar-refractivity contribution < 1.29 is 4.74 Å². The minimum atomic E-state index is 0.102. The van der Waals surface area contributed by atoms with Gasteiger partial charge < -0.3 is 15.8 Å². The normalized spacial score (nSPS) is 19.0. The predicted octanol–water partition coefficient (Wildman–Crippen LogP) is 4.74. The molecule has 1 unspecified atom stereocenters. The monoisotopic (exact) mass is 434 g/mol. The van der Waals surface area contributed by atoms with Gasteiger partial charge in [0.25, 0.3) is 0 Å². The quantitative estimate of drug-likeness (QED) is 0.568. The van der Waals surface area contributed by atoms with E-state index in [9.17, 15) is 0 Å². The summed E-state index contributed by atoms with van der Waals surface area (Å²) in [6.45, 7) is 8.46. The molecule has 3 aromatic rings. The minimum Gasteiger partial charge on any atom is -0.489 e. The van der Waals surface area contributed by atoms with Gasteiger partial charge in [-0.2, -0.15) is 0 Å². The second-order valence-corrected chi connectivity index (χ2v) is 9.69. The first-order valence-electron chi connectivity index (χ1n) is 11.2. The van der Waals surface area contributed by atoms with Crippen LogP contribution in [0.3, 0.4) is 0 Å². The lowest BCUT2D eigenvalue weighted by atomic mass is 10.0. The van der Waals surface area contributed by atoms with E-state index in [-0.39, 0.29) is 6.10 Å². The molecule has 1 fully saturated rings. The van der Waals surface area contributed by atoms with Crippen LogP contribution in [0, 0.1) is 0 Å². The van der Waals surface area contributed by atoms with Crippen LogP contribution in [0.2, 0.25) is 0 Å². The number of rotatable bonds is 5. The smallest absolute Gasteiger partial charge is 0.142 e. The molecule has 1 aliphatic heterocycles. The number of anilines is 1. The summed E-state index contributed by atoms with van der Waals surface area (Å²) in [5, 5.41) is 4.46. The summed E-state index contributed by atoms with van der Waals surface area (Å²) in [5.41, 5.74) is 12.3. The molecule has 1 aromatic heterocycles. The molecule has 0 amide bonds. The van der Waals surface area contributed by atoms with E-state index in [4.69, 9.17) is 15.5 Å². The van der Waals surface area contributed by atoms with Crippen molar-refractivity contribution in [3.8, 4) is 26.8 Å². The molecule has 1 aliphatic carbocycles. The number of ether oxygens (including phenoxy) is 1. The molecule has 1 atom stereocenters. The van der Waals surface area contributed by atoms with Gasteiger partial charge in [0.15, 0.2) is 0 Å².